The van der Waals surface area contributed by atoms with Gasteiger partial charge in [-0.2, -0.15) is 0 Å². The van der Waals surface area contributed by atoms with E-state index in [2.05, 4.69) is 0 Å². The van der Waals surface area contributed by atoms with E-state index in [4.69, 9.17) is 9.47 Å². The van der Waals surface area contributed by atoms with Gasteiger partial charge in [0.1, 0.15) is 11.5 Å². The summed E-state index contributed by atoms with van der Waals surface area (Å²) >= 11 is 0. The van der Waals surface area contributed by atoms with Crippen LogP contribution >= 0.6 is 0 Å². The van der Waals surface area contributed by atoms with Crippen LogP contribution in [-0.2, 0) is 4.79 Å². The fourth-order valence-electron chi connectivity index (χ4n) is 2.97. The van der Waals surface area contributed by atoms with Crippen molar-refractivity contribution in [1.29, 1.82) is 0 Å². The van der Waals surface area contributed by atoms with E-state index in [1.54, 1.807) is 18.2 Å². The number of benzene rings is 2. The molecule has 130 valence electrons. The van der Waals surface area contributed by atoms with E-state index in [9.17, 15) is 9.59 Å². The average Bonchev–Trinajstić information content (AvgIpc) is 3.21. The van der Waals surface area contributed by atoms with Crippen molar-refractivity contribution in [2.75, 3.05) is 20.2 Å². The summed E-state index contributed by atoms with van der Waals surface area (Å²) in [5.74, 6) is 0.866. The number of carbonyl (C=O) groups is 2. The molecule has 0 saturated carbocycles. The van der Waals surface area contributed by atoms with Gasteiger partial charge in [-0.1, -0.05) is 30.3 Å². The summed E-state index contributed by atoms with van der Waals surface area (Å²) in [6.07, 6.45) is 1.96. The molecule has 3 rings (SSSR count). The van der Waals surface area contributed by atoms with Crippen LogP contribution in [-0.4, -0.2) is 37.3 Å². The molecule has 0 aromatic heterocycles. The molecular formula is C20H21NO4. The van der Waals surface area contributed by atoms with E-state index < -0.39 is 6.10 Å². The Morgan fingerprint density at radius 3 is 2.48 bits per heavy atom. The first-order valence-electron chi connectivity index (χ1n) is 8.36. The lowest BCUT2D eigenvalue weighted by atomic mass is 10.1. The molecule has 5 heteroatoms. The van der Waals surface area contributed by atoms with Gasteiger partial charge in [-0.3, -0.25) is 9.59 Å². The predicted molar refractivity (Wildman–Crippen MR) is 94.0 cm³/mol. The first kappa shape index (κ1) is 17.0. The van der Waals surface area contributed by atoms with Crippen LogP contribution in [0.4, 0.5) is 0 Å². The number of hydrogen-bond acceptors (Lipinski definition) is 4. The molecule has 0 unspecified atom stereocenters. The maximum atomic E-state index is 13.0. The minimum absolute atomic E-state index is 0.0728. The Labute approximate surface area is 147 Å². The second-order valence-corrected chi connectivity index (χ2v) is 5.96. The van der Waals surface area contributed by atoms with Crippen LogP contribution in [0.5, 0.6) is 11.5 Å². The standard InChI is InChI=1S/C20H21NO4/c1-24-17-9-10-18(16(13-17)14-22)25-19(15-7-3-2-4-8-15)20(23)21-11-5-6-12-21/h2-4,7-10,13-14,19H,5-6,11-12H2,1H3/t19-/m0/s1. The zero-order chi connectivity index (χ0) is 17.6. The van der Waals surface area contributed by atoms with Gasteiger partial charge in [0.05, 0.1) is 12.7 Å². The van der Waals surface area contributed by atoms with E-state index in [-0.39, 0.29) is 5.91 Å². The van der Waals surface area contributed by atoms with Crippen LogP contribution in [0.3, 0.4) is 0 Å². The molecule has 5 nitrogen and oxygen atoms in total. The van der Waals surface area contributed by atoms with E-state index in [1.807, 2.05) is 35.2 Å². The smallest absolute Gasteiger partial charge is 0.268 e. The van der Waals surface area contributed by atoms with Crippen molar-refractivity contribution in [2.45, 2.75) is 18.9 Å². The number of hydrogen-bond donors (Lipinski definition) is 0. The number of amides is 1. The zero-order valence-electron chi connectivity index (χ0n) is 14.2. The molecule has 1 saturated heterocycles. The van der Waals surface area contributed by atoms with E-state index in [1.165, 1.54) is 7.11 Å². The summed E-state index contributed by atoms with van der Waals surface area (Å²) < 4.78 is 11.2. The molecule has 1 heterocycles. The van der Waals surface area contributed by atoms with Gasteiger partial charge >= 0.3 is 0 Å². The molecule has 1 fully saturated rings. The second-order valence-electron chi connectivity index (χ2n) is 5.96. The summed E-state index contributed by atoms with van der Waals surface area (Å²) in [7, 11) is 1.54. The van der Waals surface area contributed by atoms with Crippen molar-refractivity contribution >= 4 is 12.2 Å². The third-order valence-corrected chi connectivity index (χ3v) is 4.33. The molecule has 1 amide bonds. The molecule has 0 radical (unpaired) electrons. The number of ether oxygens (including phenoxy) is 2. The van der Waals surface area contributed by atoms with Gasteiger partial charge in [-0.25, -0.2) is 0 Å². The maximum absolute atomic E-state index is 13.0. The monoisotopic (exact) mass is 339 g/mol. The van der Waals surface area contributed by atoms with Crippen molar-refractivity contribution in [3.63, 3.8) is 0 Å². The molecule has 1 aliphatic rings. The lowest BCUT2D eigenvalue weighted by Crippen LogP contribution is -2.35. The number of likely N-dealkylation sites (tertiary alicyclic amines) is 1. The normalized spacial score (nSPS) is 14.8. The van der Waals surface area contributed by atoms with Gasteiger partial charge in [-0.15, -0.1) is 0 Å². The summed E-state index contributed by atoms with van der Waals surface area (Å²) in [5.41, 5.74) is 1.13. The predicted octanol–water partition coefficient (Wildman–Crippen LogP) is 3.25. The number of methoxy groups -OCH3 is 1. The van der Waals surface area contributed by atoms with Gasteiger partial charge in [0.25, 0.3) is 5.91 Å². The largest absolute Gasteiger partial charge is 0.497 e. The minimum atomic E-state index is -0.772. The molecule has 0 aliphatic carbocycles. The zero-order valence-corrected chi connectivity index (χ0v) is 14.2. The molecule has 1 aliphatic heterocycles. The first-order valence-corrected chi connectivity index (χ1v) is 8.36. The fraction of sp³-hybridized carbons (Fsp3) is 0.300. The van der Waals surface area contributed by atoms with Crippen LogP contribution in [0.1, 0.15) is 34.9 Å². The molecule has 0 spiro atoms. The summed E-state index contributed by atoms with van der Waals surface area (Å²) in [6, 6.07) is 14.3. The van der Waals surface area contributed by atoms with Gasteiger partial charge in [-0.05, 0) is 31.0 Å². The summed E-state index contributed by atoms with van der Waals surface area (Å²) in [4.78, 5) is 26.2. The topological polar surface area (TPSA) is 55.8 Å². The van der Waals surface area contributed by atoms with Crippen molar-refractivity contribution in [1.82, 2.24) is 4.90 Å². The summed E-state index contributed by atoms with van der Waals surface area (Å²) in [6.45, 7) is 1.49. The van der Waals surface area contributed by atoms with Crippen molar-refractivity contribution in [2.24, 2.45) is 0 Å². The first-order chi connectivity index (χ1) is 12.2. The lowest BCUT2D eigenvalue weighted by molar-refractivity contribution is -0.138. The maximum Gasteiger partial charge on any atom is 0.268 e. The van der Waals surface area contributed by atoms with E-state index in [0.717, 1.165) is 31.5 Å². The average molecular weight is 339 g/mol. The quantitative estimate of drug-likeness (QED) is 0.758. The van der Waals surface area contributed by atoms with Gasteiger partial charge in [0, 0.05) is 18.7 Å². The van der Waals surface area contributed by atoms with Gasteiger partial charge in [0.15, 0.2) is 6.29 Å². The minimum Gasteiger partial charge on any atom is -0.497 e. The second kappa shape index (κ2) is 7.83. The van der Waals surface area contributed by atoms with E-state index >= 15 is 0 Å². The molecule has 2 aromatic carbocycles. The molecule has 1 atom stereocenters. The number of rotatable bonds is 6. The Morgan fingerprint density at radius 2 is 1.84 bits per heavy atom. The molecule has 0 N–H and O–H groups in total. The molecule has 25 heavy (non-hydrogen) atoms. The Balaban J connectivity index is 1.92. The van der Waals surface area contributed by atoms with Gasteiger partial charge in [0.2, 0.25) is 6.10 Å². The Kier molecular flexibility index (Phi) is 5.33. The highest BCUT2D eigenvalue weighted by Crippen LogP contribution is 2.29. The molecular weight excluding hydrogens is 318 g/mol. The Bertz CT molecular complexity index is 739. The van der Waals surface area contributed by atoms with Crippen molar-refractivity contribution in [3.05, 3.63) is 59.7 Å². The lowest BCUT2D eigenvalue weighted by Gasteiger charge is -2.25. The van der Waals surface area contributed by atoms with Crippen molar-refractivity contribution in [3.8, 4) is 11.5 Å². The highest BCUT2D eigenvalue weighted by molar-refractivity contribution is 5.84. The third kappa shape index (κ3) is 3.82. The number of carbonyl (C=O) groups excluding carboxylic acids is 2. The Morgan fingerprint density at radius 1 is 1.12 bits per heavy atom. The third-order valence-electron chi connectivity index (χ3n) is 4.33. The van der Waals surface area contributed by atoms with Crippen LogP contribution in [0.25, 0.3) is 0 Å². The SMILES string of the molecule is COc1ccc(O[C@H](C(=O)N2CCCC2)c2ccccc2)c(C=O)c1. The van der Waals surface area contributed by atoms with Gasteiger partial charge < -0.3 is 14.4 Å². The van der Waals surface area contributed by atoms with Crippen molar-refractivity contribution < 1.29 is 19.1 Å². The van der Waals surface area contributed by atoms with Crippen LogP contribution in [0, 0.1) is 0 Å². The fourth-order valence-corrected chi connectivity index (χ4v) is 2.97. The number of nitrogens with zero attached hydrogens (tertiary/aromatic N) is 1. The highest BCUT2D eigenvalue weighted by Gasteiger charge is 2.30. The highest BCUT2D eigenvalue weighted by atomic mass is 16.5. The summed E-state index contributed by atoms with van der Waals surface area (Å²) in [5, 5.41) is 0. The van der Waals surface area contributed by atoms with Crippen LogP contribution < -0.4 is 9.47 Å². The van der Waals surface area contributed by atoms with Crippen LogP contribution in [0.2, 0.25) is 0 Å². The van der Waals surface area contributed by atoms with E-state index in [0.29, 0.717) is 23.3 Å². The number of aldehydes is 1. The Hall–Kier alpha value is -2.82. The molecule has 0 bridgehead atoms. The van der Waals surface area contributed by atoms with Crippen LogP contribution in [0.15, 0.2) is 48.5 Å². The molecule has 2 aromatic rings.